The molecular weight excluding hydrogens is 291 g/mol. The highest BCUT2D eigenvalue weighted by molar-refractivity contribution is 6.34. The van der Waals surface area contributed by atoms with Crippen LogP contribution in [-0.2, 0) is 12.8 Å². The van der Waals surface area contributed by atoms with Gasteiger partial charge >= 0.3 is 0 Å². The molecule has 1 heterocycles. The Morgan fingerprint density at radius 3 is 2.55 bits per heavy atom. The molecule has 3 rings (SSSR count). The van der Waals surface area contributed by atoms with Crippen molar-refractivity contribution < 1.29 is 0 Å². The Labute approximate surface area is 129 Å². The average molecular weight is 307 g/mol. The minimum Gasteiger partial charge on any atom is -0.220 e. The van der Waals surface area contributed by atoms with Crippen LogP contribution in [0.25, 0.3) is 0 Å². The van der Waals surface area contributed by atoms with E-state index in [1.807, 2.05) is 0 Å². The molecule has 1 atom stereocenters. The van der Waals surface area contributed by atoms with Gasteiger partial charge in [0.2, 0.25) is 0 Å². The second-order valence-electron chi connectivity index (χ2n) is 5.18. The minimum atomic E-state index is 0.219. The maximum atomic E-state index is 6.28. The highest BCUT2D eigenvalue weighted by Crippen LogP contribution is 2.37. The third kappa shape index (κ3) is 2.43. The van der Waals surface area contributed by atoms with E-state index < -0.39 is 0 Å². The zero-order chi connectivity index (χ0) is 14.1. The molecule has 0 bridgehead atoms. The van der Waals surface area contributed by atoms with Gasteiger partial charge in [-0.05, 0) is 30.4 Å². The second kappa shape index (κ2) is 5.71. The maximum Gasteiger partial charge on any atom is 0.139 e. The van der Waals surface area contributed by atoms with Crippen LogP contribution in [0.4, 0.5) is 0 Å². The summed E-state index contributed by atoms with van der Waals surface area (Å²) in [6.45, 7) is 2.09. The predicted octanol–water partition coefficient (Wildman–Crippen LogP) is 4.81. The number of aromatic nitrogens is 2. The average Bonchev–Trinajstić information content (AvgIpc) is 2.86. The summed E-state index contributed by atoms with van der Waals surface area (Å²) in [4.78, 5) is 9.01. The Hall–Kier alpha value is -1.12. The largest absolute Gasteiger partial charge is 0.220 e. The fourth-order valence-corrected chi connectivity index (χ4v) is 3.47. The van der Waals surface area contributed by atoms with Crippen molar-refractivity contribution in [2.24, 2.45) is 0 Å². The third-order valence-corrected chi connectivity index (χ3v) is 4.49. The molecule has 0 saturated heterocycles. The van der Waals surface area contributed by atoms with Gasteiger partial charge in [0.25, 0.3) is 0 Å². The lowest BCUT2D eigenvalue weighted by Crippen LogP contribution is -2.06. The Bertz CT molecular complexity index is 617. The van der Waals surface area contributed by atoms with Crippen LogP contribution in [-0.4, -0.2) is 9.97 Å². The first kappa shape index (κ1) is 13.8. The molecule has 1 aliphatic rings. The van der Waals surface area contributed by atoms with Crippen LogP contribution in [0.2, 0.25) is 10.3 Å². The molecular formula is C16H16Cl2N2. The lowest BCUT2D eigenvalue weighted by atomic mass is 10.0. The summed E-state index contributed by atoms with van der Waals surface area (Å²) in [6, 6.07) is 8.46. The number of aryl methyl sites for hydroxylation is 1. The molecule has 1 unspecified atom stereocenters. The molecule has 0 N–H and O–H groups in total. The van der Waals surface area contributed by atoms with Gasteiger partial charge in [0, 0.05) is 11.5 Å². The third-order valence-electron chi connectivity index (χ3n) is 3.87. The highest BCUT2D eigenvalue weighted by atomic mass is 35.5. The SMILES string of the molecule is CCCc1c(Cl)nc(C2CCc3ccccc32)nc1Cl. The molecule has 1 aromatic heterocycles. The van der Waals surface area contributed by atoms with E-state index in [1.54, 1.807) is 0 Å². The summed E-state index contributed by atoms with van der Waals surface area (Å²) >= 11 is 12.6. The predicted molar refractivity (Wildman–Crippen MR) is 82.7 cm³/mol. The van der Waals surface area contributed by atoms with Crippen molar-refractivity contribution in [2.75, 3.05) is 0 Å². The van der Waals surface area contributed by atoms with E-state index in [2.05, 4.69) is 41.2 Å². The number of hydrogen-bond donors (Lipinski definition) is 0. The van der Waals surface area contributed by atoms with E-state index in [9.17, 15) is 0 Å². The van der Waals surface area contributed by atoms with Gasteiger partial charge in [-0.1, -0.05) is 60.8 Å². The number of rotatable bonds is 3. The summed E-state index contributed by atoms with van der Waals surface area (Å²) in [7, 11) is 0. The van der Waals surface area contributed by atoms with Crippen LogP contribution in [0.1, 0.15) is 48.2 Å². The molecule has 4 heteroatoms. The molecule has 0 fully saturated rings. The van der Waals surface area contributed by atoms with Crippen LogP contribution >= 0.6 is 23.2 Å². The van der Waals surface area contributed by atoms with Crippen molar-refractivity contribution in [1.29, 1.82) is 0 Å². The smallest absolute Gasteiger partial charge is 0.139 e. The molecule has 2 nitrogen and oxygen atoms in total. The fraction of sp³-hybridized carbons (Fsp3) is 0.375. The van der Waals surface area contributed by atoms with Crippen LogP contribution in [0.15, 0.2) is 24.3 Å². The van der Waals surface area contributed by atoms with Crippen molar-refractivity contribution in [2.45, 2.75) is 38.5 Å². The normalized spacial score (nSPS) is 17.2. The lowest BCUT2D eigenvalue weighted by Gasteiger charge is -2.13. The van der Waals surface area contributed by atoms with E-state index in [0.29, 0.717) is 10.3 Å². The Balaban J connectivity index is 2.00. The first-order valence-corrected chi connectivity index (χ1v) is 7.76. The van der Waals surface area contributed by atoms with E-state index >= 15 is 0 Å². The molecule has 0 amide bonds. The maximum absolute atomic E-state index is 6.28. The molecule has 0 aliphatic heterocycles. The fourth-order valence-electron chi connectivity index (χ4n) is 2.88. The van der Waals surface area contributed by atoms with Crippen molar-refractivity contribution in [3.8, 4) is 0 Å². The van der Waals surface area contributed by atoms with Crippen LogP contribution < -0.4 is 0 Å². The summed E-state index contributed by atoms with van der Waals surface area (Å²) in [5.74, 6) is 0.974. The van der Waals surface area contributed by atoms with Crippen LogP contribution in [0.3, 0.4) is 0 Å². The highest BCUT2D eigenvalue weighted by Gasteiger charge is 2.27. The molecule has 0 saturated carbocycles. The minimum absolute atomic E-state index is 0.219. The standard InChI is InChI=1S/C16H16Cl2N2/c1-2-5-13-14(17)19-16(20-15(13)18)12-9-8-10-6-3-4-7-11(10)12/h3-4,6-7,12H,2,5,8-9H2,1H3. The van der Waals surface area contributed by atoms with Gasteiger partial charge in [0.15, 0.2) is 0 Å². The zero-order valence-corrected chi connectivity index (χ0v) is 12.9. The van der Waals surface area contributed by atoms with Gasteiger partial charge in [0.1, 0.15) is 16.1 Å². The van der Waals surface area contributed by atoms with Crippen molar-refractivity contribution in [3.63, 3.8) is 0 Å². The van der Waals surface area contributed by atoms with Crippen molar-refractivity contribution in [3.05, 3.63) is 57.1 Å². The number of hydrogen-bond acceptors (Lipinski definition) is 2. The second-order valence-corrected chi connectivity index (χ2v) is 5.90. The summed E-state index contributed by atoms with van der Waals surface area (Å²) in [6.07, 6.45) is 3.89. The molecule has 0 spiro atoms. The van der Waals surface area contributed by atoms with E-state index in [-0.39, 0.29) is 5.92 Å². The molecule has 1 aliphatic carbocycles. The number of halogens is 2. The summed E-state index contributed by atoms with van der Waals surface area (Å²) in [5, 5.41) is 1.01. The van der Waals surface area contributed by atoms with E-state index in [4.69, 9.17) is 23.2 Å². The van der Waals surface area contributed by atoms with Gasteiger partial charge in [-0.15, -0.1) is 0 Å². The summed E-state index contributed by atoms with van der Waals surface area (Å²) < 4.78 is 0. The van der Waals surface area contributed by atoms with Crippen molar-refractivity contribution >= 4 is 23.2 Å². The zero-order valence-electron chi connectivity index (χ0n) is 11.4. The van der Waals surface area contributed by atoms with E-state index in [0.717, 1.165) is 37.1 Å². The first-order valence-electron chi connectivity index (χ1n) is 7.00. The topological polar surface area (TPSA) is 25.8 Å². The monoisotopic (exact) mass is 306 g/mol. The van der Waals surface area contributed by atoms with Crippen LogP contribution in [0.5, 0.6) is 0 Å². The Morgan fingerprint density at radius 1 is 1.15 bits per heavy atom. The Kier molecular flexibility index (Phi) is 3.95. The van der Waals surface area contributed by atoms with Crippen molar-refractivity contribution in [1.82, 2.24) is 9.97 Å². The van der Waals surface area contributed by atoms with Gasteiger partial charge in [-0.2, -0.15) is 0 Å². The van der Waals surface area contributed by atoms with Gasteiger partial charge in [0.05, 0.1) is 0 Å². The molecule has 20 heavy (non-hydrogen) atoms. The lowest BCUT2D eigenvalue weighted by molar-refractivity contribution is 0.723. The first-order chi connectivity index (χ1) is 9.70. The molecule has 2 aromatic rings. The number of fused-ring (bicyclic) bond motifs is 1. The quantitative estimate of drug-likeness (QED) is 0.760. The van der Waals surface area contributed by atoms with Crippen LogP contribution in [0, 0.1) is 0 Å². The van der Waals surface area contributed by atoms with E-state index in [1.165, 1.54) is 11.1 Å². The molecule has 1 aromatic carbocycles. The Morgan fingerprint density at radius 2 is 1.85 bits per heavy atom. The molecule has 104 valence electrons. The number of benzene rings is 1. The molecule has 0 radical (unpaired) electrons. The van der Waals surface area contributed by atoms with Gasteiger partial charge in [-0.3, -0.25) is 0 Å². The summed E-state index contributed by atoms with van der Waals surface area (Å²) in [5.41, 5.74) is 3.56. The number of nitrogens with zero attached hydrogens (tertiary/aromatic N) is 2. The van der Waals surface area contributed by atoms with Gasteiger partial charge in [-0.25, -0.2) is 9.97 Å². The van der Waals surface area contributed by atoms with Gasteiger partial charge < -0.3 is 0 Å².